The minimum Gasteiger partial charge on any atom is -0.346 e. The van der Waals surface area contributed by atoms with E-state index < -0.39 is 9.84 Å². The van der Waals surface area contributed by atoms with Crippen LogP contribution >= 0.6 is 22.7 Å². The molecule has 0 aromatic carbocycles. The smallest absolute Gasteiger partial charge is 0.185 e. The fourth-order valence-corrected chi connectivity index (χ4v) is 6.38. The van der Waals surface area contributed by atoms with Crippen molar-refractivity contribution in [1.82, 2.24) is 19.8 Å². The minimum atomic E-state index is -3.02. The molecule has 2 aromatic rings. The Balaban J connectivity index is 1.14. The maximum absolute atomic E-state index is 12.5. The van der Waals surface area contributed by atoms with Crippen molar-refractivity contribution in [1.29, 1.82) is 0 Å². The van der Waals surface area contributed by atoms with Gasteiger partial charge >= 0.3 is 0 Å². The third-order valence-electron chi connectivity index (χ3n) is 5.56. The van der Waals surface area contributed by atoms with Gasteiger partial charge in [-0.1, -0.05) is 0 Å². The number of rotatable bonds is 8. The highest BCUT2D eigenvalue weighted by atomic mass is 32.2. The first-order chi connectivity index (χ1) is 14.1. The van der Waals surface area contributed by atoms with E-state index in [2.05, 4.69) is 29.6 Å². The second-order valence-electron chi connectivity index (χ2n) is 7.44. The van der Waals surface area contributed by atoms with Crippen LogP contribution in [0.5, 0.6) is 0 Å². The van der Waals surface area contributed by atoms with Crippen LogP contribution in [0, 0.1) is 0 Å². The highest BCUT2D eigenvalue weighted by Gasteiger charge is 2.23. The summed E-state index contributed by atoms with van der Waals surface area (Å²) in [5.41, 5.74) is 0. The van der Waals surface area contributed by atoms with Crippen molar-refractivity contribution in [2.24, 2.45) is 0 Å². The van der Waals surface area contributed by atoms with Crippen LogP contribution in [0.3, 0.4) is 0 Å². The molecule has 0 radical (unpaired) electrons. The van der Waals surface area contributed by atoms with Gasteiger partial charge in [-0.2, -0.15) is 0 Å². The van der Waals surface area contributed by atoms with E-state index in [0.29, 0.717) is 13.1 Å². The number of piperazine rings is 2. The van der Waals surface area contributed by atoms with Gasteiger partial charge in [-0.15, -0.1) is 22.7 Å². The molecule has 0 saturated carbocycles. The molecule has 160 valence electrons. The maximum atomic E-state index is 12.5. The topological polar surface area (TPSA) is 72.9 Å². The van der Waals surface area contributed by atoms with Gasteiger partial charge in [0.1, 0.15) is 0 Å². The molecule has 0 unspecified atom stereocenters. The summed E-state index contributed by atoms with van der Waals surface area (Å²) in [4.78, 5) is 17.8. The maximum Gasteiger partial charge on any atom is 0.185 e. The Morgan fingerprint density at radius 3 is 1.48 bits per heavy atom. The Bertz CT molecular complexity index is 763. The van der Waals surface area contributed by atoms with E-state index in [0.717, 1.165) is 62.6 Å². The highest BCUT2D eigenvalue weighted by molar-refractivity contribution is 7.91. The summed E-state index contributed by atoms with van der Waals surface area (Å²) >= 11 is 3.31. The van der Waals surface area contributed by atoms with E-state index in [1.165, 1.54) is 0 Å². The number of hydrogen-bond acceptors (Lipinski definition) is 10. The summed E-state index contributed by atoms with van der Waals surface area (Å²) in [5, 5.41) is 6.11. The largest absolute Gasteiger partial charge is 0.346 e. The van der Waals surface area contributed by atoms with Gasteiger partial charge < -0.3 is 9.80 Å². The number of sulfone groups is 1. The summed E-state index contributed by atoms with van der Waals surface area (Å²) in [7, 11) is -3.02. The van der Waals surface area contributed by atoms with E-state index in [-0.39, 0.29) is 11.5 Å². The number of thiazole rings is 2. The summed E-state index contributed by atoms with van der Waals surface area (Å²) in [6.07, 6.45) is 3.66. The summed E-state index contributed by atoms with van der Waals surface area (Å²) < 4.78 is 25.1. The van der Waals surface area contributed by atoms with E-state index in [4.69, 9.17) is 0 Å². The van der Waals surface area contributed by atoms with Crippen molar-refractivity contribution < 1.29 is 8.42 Å². The van der Waals surface area contributed by atoms with Crippen molar-refractivity contribution >= 4 is 42.8 Å². The van der Waals surface area contributed by atoms with Crippen LogP contribution in [-0.2, 0) is 9.84 Å². The lowest BCUT2D eigenvalue weighted by Gasteiger charge is -2.35. The molecular weight excluding hydrogens is 428 g/mol. The average Bonchev–Trinajstić information content (AvgIpc) is 3.46. The van der Waals surface area contributed by atoms with Gasteiger partial charge in [0.25, 0.3) is 0 Å². The zero-order valence-corrected chi connectivity index (χ0v) is 19.0. The molecule has 8 nitrogen and oxygen atoms in total. The molecule has 2 aliphatic rings. The number of hydrogen-bond donors (Lipinski definition) is 0. The van der Waals surface area contributed by atoms with Gasteiger partial charge in [-0.3, -0.25) is 9.80 Å². The Morgan fingerprint density at radius 2 is 1.14 bits per heavy atom. The molecule has 0 spiro atoms. The van der Waals surface area contributed by atoms with Crippen molar-refractivity contribution in [2.75, 3.05) is 86.8 Å². The second kappa shape index (κ2) is 9.69. The molecule has 11 heteroatoms. The standard InChI is InChI=1S/C18H28N6O2S3/c25-29(26,15-11-21-3-7-23(8-4-21)17-19-1-13-27-17)16-12-22-5-9-24(10-6-22)18-20-2-14-28-18/h1-2,13-14H,3-12,15-16H2. The minimum absolute atomic E-state index is 0.253. The van der Waals surface area contributed by atoms with Crippen LogP contribution in [0.25, 0.3) is 0 Å². The number of anilines is 2. The summed E-state index contributed by atoms with van der Waals surface area (Å²) in [5.74, 6) is 0.507. The average molecular weight is 457 g/mol. The first-order valence-electron chi connectivity index (χ1n) is 10.0. The molecule has 4 rings (SSSR count). The fourth-order valence-electron chi connectivity index (χ4n) is 3.71. The zero-order chi connectivity index (χ0) is 20.1. The van der Waals surface area contributed by atoms with Crippen LogP contribution < -0.4 is 9.80 Å². The number of aromatic nitrogens is 2. The zero-order valence-electron chi connectivity index (χ0n) is 16.5. The van der Waals surface area contributed by atoms with Gasteiger partial charge in [0.05, 0.1) is 11.5 Å². The van der Waals surface area contributed by atoms with Gasteiger partial charge in [0.2, 0.25) is 0 Å². The third kappa shape index (κ3) is 5.88. The van der Waals surface area contributed by atoms with E-state index >= 15 is 0 Å². The van der Waals surface area contributed by atoms with Crippen molar-refractivity contribution in [2.45, 2.75) is 0 Å². The normalized spacial score (nSPS) is 19.7. The van der Waals surface area contributed by atoms with Crippen LogP contribution in [0.2, 0.25) is 0 Å². The number of nitrogens with zero attached hydrogens (tertiary/aromatic N) is 6. The van der Waals surface area contributed by atoms with Gasteiger partial charge in [-0.25, -0.2) is 18.4 Å². The van der Waals surface area contributed by atoms with Crippen LogP contribution in [0.4, 0.5) is 10.3 Å². The van der Waals surface area contributed by atoms with E-state index in [1.807, 2.05) is 23.2 Å². The Kier molecular flexibility index (Phi) is 7.01. The highest BCUT2D eigenvalue weighted by Crippen LogP contribution is 2.20. The van der Waals surface area contributed by atoms with Gasteiger partial charge in [0.15, 0.2) is 20.1 Å². The van der Waals surface area contributed by atoms with Crippen molar-refractivity contribution in [3.63, 3.8) is 0 Å². The Labute approximate surface area is 180 Å². The monoisotopic (exact) mass is 456 g/mol. The molecule has 2 aromatic heterocycles. The molecular formula is C18H28N6O2S3. The van der Waals surface area contributed by atoms with Gasteiger partial charge in [0, 0.05) is 88.6 Å². The quantitative estimate of drug-likeness (QED) is 0.582. The predicted octanol–water partition coefficient (Wildman–Crippen LogP) is 0.959. The molecule has 0 atom stereocenters. The predicted molar refractivity (Wildman–Crippen MR) is 120 cm³/mol. The lowest BCUT2D eigenvalue weighted by molar-refractivity contribution is 0.268. The molecule has 29 heavy (non-hydrogen) atoms. The van der Waals surface area contributed by atoms with Crippen LogP contribution in [0.15, 0.2) is 23.2 Å². The molecule has 0 N–H and O–H groups in total. The Hall–Kier alpha value is -1.27. The molecule has 2 aliphatic heterocycles. The summed E-state index contributed by atoms with van der Waals surface area (Å²) in [6, 6.07) is 0. The van der Waals surface area contributed by atoms with Crippen LogP contribution in [0.1, 0.15) is 0 Å². The van der Waals surface area contributed by atoms with Gasteiger partial charge in [-0.05, 0) is 0 Å². The molecule has 2 saturated heterocycles. The van der Waals surface area contributed by atoms with E-state index in [1.54, 1.807) is 22.7 Å². The second-order valence-corrected chi connectivity index (χ2v) is 11.5. The summed E-state index contributed by atoms with van der Waals surface area (Å²) in [6.45, 7) is 8.50. The van der Waals surface area contributed by atoms with Crippen molar-refractivity contribution in [3.05, 3.63) is 23.2 Å². The SMILES string of the molecule is O=S(=O)(CCN1CCN(c2nccs2)CC1)CCN1CCN(c2nccs2)CC1. The lowest BCUT2D eigenvalue weighted by Crippen LogP contribution is -2.49. The first kappa shape index (κ1) is 21.0. The molecule has 2 fully saturated rings. The van der Waals surface area contributed by atoms with E-state index in [9.17, 15) is 8.42 Å². The molecule has 0 aliphatic carbocycles. The first-order valence-corrected chi connectivity index (χ1v) is 13.6. The molecule has 0 amide bonds. The molecule has 0 bridgehead atoms. The third-order valence-corrected chi connectivity index (χ3v) is 8.83. The molecule has 4 heterocycles. The van der Waals surface area contributed by atoms with Crippen LogP contribution in [-0.4, -0.2) is 105 Å². The Morgan fingerprint density at radius 1 is 0.724 bits per heavy atom. The van der Waals surface area contributed by atoms with Crippen molar-refractivity contribution in [3.8, 4) is 0 Å². The lowest BCUT2D eigenvalue weighted by atomic mass is 10.3. The fraction of sp³-hybridized carbons (Fsp3) is 0.667.